The van der Waals surface area contributed by atoms with Crippen molar-refractivity contribution in [3.8, 4) is 0 Å². The van der Waals surface area contributed by atoms with E-state index < -0.39 is 0 Å². The zero-order valence-electron chi connectivity index (χ0n) is 7.42. The third-order valence-electron chi connectivity index (χ3n) is 1.94. The highest BCUT2D eigenvalue weighted by atomic mass is 16.3. The lowest BCUT2D eigenvalue weighted by molar-refractivity contribution is 0.267. The van der Waals surface area contributed by atoms with Crippen LogP contribution < -0.4 is 5.56 Å². The van der Waals surface area contributed by atoms with E-state index in [-0.39, 0.29) is 12.2 Å². The minimum absolute atomic E-state index is 0.0101. The number of rotatable bonds is 3. The van der Waals surface area contributed by atoms with E-state index in [9.17, 15) is 4.79 Å². The first-order valence-corrected chi connectivity index (χ1v) is 4.09. The van der Waals surface area contributed by atoms with E-state index in [2.05, 4.69) is 5.10 Å². The fraction of sp³-hybridized carbons (Fsp3) is 0.625. The van der Waals surface area contributed by atoms with Gasteiger partial charge in [-0.3, -0.25) is 14.6 Å². The van der Waals surface area contributed by atoms with E-state index in [1.54, 1.807) is 0 Å². The fourth-order valence-electron chi connectivity index (χ4n) is 1.32. The first-order chi connectivity index (χ1) is 5.70. The Morgan fingerprint density at radius 3 is 2.67 bits per heavy atom. The summed E-state index contributed by atoms with van der Waals surface area (Å²) in [6.45, 7) is 4.15. The maximum absolute atomic E-state index is 11.4. The Morgan fingerprint density at radius 2 is 2.25 bits per heavy atom. The molecule has 0 radical (unpaired) electrons. The first kappa shape index (κ1) is 9.06. The van der Waals surface area contributed by atoms with E-state index in [0.29, 0.717) is 6.54 Å². The highest BCUT2D eigenvalue weighted by molar-refractivity contribution is 5.15. The summed E-state index contributed by atoms with van der Waals surface area (Å²) in [5.74, 6) is 0. The van der Waals surface area contributed by atoms with Gasteiger partial charge in [0.1, 0.15) is 0 Å². The van der Waals surface area contributed by atoms with Crippen molar-refractivity contribution in [3.05, 3.63) is 21.6 Å². The van der Waals surface area contributed by atoms with Crippen LogP contribution in [0.3, 0.4) is 0 Å². The van der Waals surface area contributed by atoms with Crippen molar-refractivity contribution in [2.45, 2.75) is 26.8 Å². The third-order valence-corrected chi connectivity index (χ3v) is 1.94. The number of aliphatic hydroxyl groups is 1. The van der Waals surface area contributed by atoms with Crippen LogP contribution in [0.4, 0.5) is 0 Å². The molecule has 0 spiro atoms. The van der Waals surface area contributed by atoms with Crippen molar-refractivity contribution < 1.29 is 5.11 Å². The number of aromatic amines is 1. The minimum Gasteiger partial charge on any atom is -0.394 e. The van der Waals surface area contributed by atoms with Crippen LogP contribution in [-0.4, -0.2) is 21.5 Å². The third kappa shape index (κ3) is 1.43. The van der Waals surface area contributed by atoms with E-state index >= 15 is 0 Å². The second kappa shape index (κ2) is 3.58. The number of nitrogens with one attached hydrogen (secondary N) is 1. The van der Waals surface area contributed by atoms with E-state index in [1.807, 2.05) is 13.8 Å². The maximum atomic E-state index is 11.4. The van der Waals surface area contributed by atoms with E-state index in [4.69, 9.17) is 5.11 Å². The molecule has 0 saturated heterocycles. The van der Waals surface area contributed by atoms with Gasteiger partial charge in [-0.2, -0.15) is 0 Å². The van der Waals surface area contributed by atoms with Crippen LogP contribution in [-0.2, 0) is 13.0 Å². The number of H-pyrrole nitrogens is 1. The highest BCUT2D eigenvalue weighted by Crippen LogP contribution is 1.98. The number of nitrogens with zero attached hydrogens (tertiary/aromatic N) is 1. The molecule has 0 bridgehead atoms. The van der Waals surface area contributed by atoms with Crippen LogP contribution in [0.25, 0.3) is 0 Å². The van der Waals surface area contributed by atoms with Gasteiger partial charge in [-0.1, -0.05) is 6.92 Å². The average molecular weight is 170 g/mol. The molecule has 0 unspecified atom stereocenters. The number of aryl methyl sites for hydroxylation is 1. The summed E-state index contributed by atoms with van der Waals surface area (Å²) in [5, 5.41) is 11.5. The van der Waals surface area contributed by atoms with Gasteiger partial charge in [-0.15, -0.1) is 0 Å². The van der Waals surface area contributed by atoms with E-state index in [1.165, 1.54) is 4.68 Å². The van der Waals surface area contributed by atoms with Gasteiger partial charge in [-0.25, -0.2) is 0 Å². The zero-order chi connectivity index (χ0) is 9.14. The number of aliphatic hydroxyl groups excluding tert-OH is 1. The Labute approximate surface area is 70.8 Å². The van der Waals surface area contributed by atoms with Gasteiger partial charge < -0.3 is 5.11 Å². The molecule has 0 saturated carbocycles. The molecule has 12 heavy (non-hydrogen) atoms. The summed E-state index contributed by atoms with van der Waals surface area (Å²) in [6, 6.07) is 0. The molecule has 0 fully saturated rings. The quantitative estimate of drug-likeness (QED) is 0.673. The predicted molar refractivity (Wildman–Crippen MR) is 46.3 cm³/mol. The Morgan fingerprint density at radius 1 is 1.58 bits per heavy atom. The second-order valence-electron chi connectivity index (χ2n) is 2.75. The lowest BCUT2D eigenvalue weighted by Crippen LogP contribution is -2.20. The second-order valence-corrected chi connectivity index (χ2v) is 2.75. The molecule has 1 rings (SSSR count). The number of hydrogen-bond acceptors (Lipinski definition) is 2. The van der Waals surface area contributed by atoms with Gasteiger partial charge in [0.05, 0.1) is 13.2 Å². The summed E-state index contributed by atoms with van der Waals surface area (Å²) < 4.78 is 1.44. The van der Waals surface area contributed by atoms with Crippen LogP contribution in [0.15, 0.2) is 4.79 Å². The van der Waals surface area contributed by atoms with Crippen LogP contribution >= 0.6 is 0 Å². The summed E-state index contributed by atoms with van der Waals surface area (Å²) in [7, 11) is 0. The Bertz CT molecular complexity index is 311. The molecular weight excluding hydrogens is 156 g/mol. The molecule has 1 aromatic heterocycles. The maximum Gasteiger partial charge on any atom is 0.269 e. The molecule has 68 valence electrons. The lowest BCUT2D eigenvalue weighted by Gasteiger charge is -1.94. The van der Waals surface area contributed by atoms with Gasteiger partial charge in [0.2, 0.25) is 0 Å². The molecule has 0 aromatic carbocycles. The standard InChI is InChI=1S/C8H14N2O2/c1-3-7-6(2)9-10(4-5-11)8(7)12/h9,11H,3-5H2,1-2H3. The molecule has 1 heterocycles. The summed E-state index contributed by atoms with van der Waals surface area (Å²) in [5.41, 5.74) is 1.70. The molecule has 4 heteroatoms. The minimum atomic E-state index is -0.0109. The topological polar surface area (TPSA) is 58.0 Å². The van der Waals surface area contributed by atoms with Crippen LogP contribution in [0.1, 0.15) is 18.2 Å². The van der Waals surface area contributed by atoms with Crippen LogP contribution in [0.2, 0.25) is 0 Å². The summed E-state index contributed by atoms with van der Waals surface area (Å²) >= 11 is 0. The Kier molecular flexibility index (Phi) is 2.70. The van der Waals surface area contributed by atoms with Crippen molar-refractivity contribution in [3.63, 3.8) is 0 Å². The van der Waals surface area contributed by atoms with Gasteiger partial charge in [0.15, 0.2) is 0 Å². The molecule has 2 N–H and O–H groups in total. The summed E-state index contributed by atoms with van der Waals surface area (Å²) in [4.78, 5) is 11.4. The number of aromatic nitrogens is 2. The van der Waals surface area contributed by atoms with E-state index in [0.717, 1.165) is 17.7 Å². The molecule has 0 aliphatic heterocycles. The molecule has 0 aliphatic carbocycles. The van der Waals surface area contributed by atoms with Crippen molar-refractivity contribution in [1.29, 1.82) is 0 Å². The lowest BCUT2D eigenvalue weighted by atomic mass is 10.2. The fourth-order valence-corrected chi connectivity index (χ4v) is 1.32. The van der Waals surface area contributed by atoms with Crippen molar-refractivity contribution >= 4 is 0 Å². The molecule has 4 nitrogen and oxygen atoms in total. The van der Waals surface area contributed by atoms with Crippen molar-refractivity contribution in [2.75, 3.05) is 6.61 Å². The summed E-state index contributed by atoms with van der Waals surface area (Å²) in [6.07, 6.45) is 0.736. The number of hydrogen-bond donors (Lipinski definition) is 2. The monoisotopic (exact) mass is 170 g/mol. The van der Waals surface area contributed by atoms with Crippen molar-refractivity contribution in [1.82, 2.24) is 9.78 Å². The van der Waals surface area contributed by atoms with Gasteiger partial charge in [0.25, 0.3) is 5.56 Å². The largest absolute Gasteiger partial charge is 0.394 e. The molecule has 1 aromatic rings. The Balaban J connectivity index is 3.09. The first-order valence-electron chi connectivity index (χ1n) is 4.09. The van der Waals surface area contributed by atoms with Crippen LogP contribution in [0.5, 0.6) is 0 Å². The predicted octanol–water partition coefficient (Wildman–Crippen LogP) is 0.0395. The molecular formula is C8H14N2O2. The Hall–Kier alpha value is -1.03. The average Bonchev–Trinajstić information content (AvgIpc) is 2.29. The van der Waals surface area contributed by atoms with Gasteiger partial charge >= 0.3 is 0 Å². The van der Waals surface area contributed by atoms with Gasteiger partial charge in [0, 0.05) is 11.3 Å². The zero-order valence-corrected chi connectivity index (χ0v) is 7.42. The molecule has 0 amide bonds. The highest BCUT2D eigenvalue weighted by Gasteiger charge is 2.07. The van der Waals surface area contributed by atoms with Crippen molar-refractivity contribution in [2.24, 2.45) is 0 Å². The molecule has 0 aliphatic rings. The normalized spacial score (nSPS) is 10.6. The van der Waals surface area contributed by atoms with Crippen LogP contribution in [0, 0.1) is 6.92 Å². The smallest absolute Gasteiger partial charge is 0.269 e. The molecule has 0 atom stereocenters. The SMILES string of the molecule is CCc1c(C)[nH]n(CCO)c1=O. The van der Waals surface area contributed by atoms with Gasteiger partial charge in [-0.05, 0) is 13.3 Å².